The van der Waals surface area contributed by atoms with Gasteiger partial charge in [0.2, 0.25) is 0 Å². The van der Waals surface area contributed by atoms with Crippen LogP contribution in [0.5, 0.6) is 0 Å². The summed E-state index contributed by atoms with van der Waals surface area (Å²) in [5.41, 5.74) is 0. The summed E-state index contributed by atoms with van der Waals surface area (Å²) in [5.74, 6) is 1.14. The summed E-state index contributed by atoms with van der Waals surface area (Å²) in [4.78, 5) is 22.6. The average molecular weight is 417 g/mol. The Labute approximate surface area is 182 Å². The molecule has 0 spiro atoms. The van der Waals surface area contributed by atoms with Crippen LogP contribution in [-0.2, 0) is 9.59 Å². The van der Waals surface area contributed by atoms with Gasteiger partial charge in [-0.3, -0.25) is 9.59 Å². The number of hydrogen-bond acceptors (Lipinski definition) is 4. The fourth-order valence-corrected chi connectivity index (χ4v) is 4.29. The predicted molar refractivity (Wildman–Crippen MR) is 123 cm³/mol. The van der Waals surface area contributed by atoms with Gasteiger partial charge in [-0.2, -0.15) is 0 Å². The van der Waals surface area contributed by atoms with Crippen molar-refractivity contribution < 1.29 is 19.8 Å². The molecule has 2 unspecified atom stereocenters. The van der Waals surface area contributed by atoms with E-state index in [9.17, 15) is 19.8 Å². The van der Waals surface area contributed by atoms with Crippen LogP contribution in [0.1, 0.15) is 53.4 Å². The summed E-state index contributed by atoms with van der Waals surface area (Å²) in [6.45, 7) is 15.2. The molecule has 2 aliphatic carbocycles. The minimum absolute atomic E-state index is 0.128. The van der Waals surface area contributed by atoms with Gasteiger partial charge in [0.15, 0.2) is 0 Å². The second-order valence-electron chi connectivity index (χ2n) is 9.08. The number of Topliss-reactive ketones (excluding diaryl/α,β-unsaturated/α-hetero) is 2. The molecule has 0 aliphatic heterocycles. The lowest BCUT2D eigenvalue weighted by atomic mass is 9.67. The Bertz CT molecular complexity index is 591. The lowest BCUT2D eigenvalue weighted by Crippen LogP contribution is -2.46. The fraction of sp³-hybridized carbons (Fsp3) is 0.615. The number of ketones is 2. The monoisotopic (exact) mass is 416 g/mol. The van der Waals surface area contributed by atoms with Gasteiger partial charge in [-0.25, -0.2) is 0 Å². The molecular weight excluding hydrogens is 376 g/mol. The first-order valence-corrected chi connectivity index (χ1v) is 11.1. The van der Waals surface area contributed by atoms with Crippen LogP contribution in [0.15, 0.2) is 49.6 Å². The molecule has 0 heterocycles. The quantitative estimate of drug-likeness (QED) is 0.507. The fourth-order valence-electron chi connectivity index (χ4n) is 4.29. The number of carbonyl (C=O) groups excluding carboxylic acids is 2. The van der Waals surface area contributed by atoms with Gasteiger partial charge in [-0.05, 0) is 36.5 Å². The smallest absolute Gasteiger partial charge is 0.139 e. The summed E-state index contributed by atoms with van der Waals surface area (Å²) in [6, 6.07) is 0. The van der Waals surface area contributed by atoms with E-state index in [0.29, 0.717) is 24.7 Å². The highest BCUT2D eigenvalue weighted by Crippen LogP contribution is 2.37. The normalized spacial score (nSPS) is 29.9. The van der Waals surface area contributed by atoms with E-state index < -0.39 is 12.2 Å². The van der Waals surface area contributed by atoms with Crippen molar-refractivity contribution in [1.29, 1.82) is 0 Å². The predicted octanol–water partition coefficient (Wildman–Crippen LogP) is 4.68. The molecule has 0 amide bonds. The molecule has 4 nitrogen and oxygen atoms in total. The van der Waals surface area contributed by atoms with Gasteiger partial charge in [-0.15, -0.1) is 0 Å². The van der Waals surface area contributed by atoms with Gasteiger partial charge < -0.3 is 10.2 Å². The summed E-state index contributed by atoms with van der Waals surface area (Å²) in [6.07, 6.45) is 13.0. The van der Waals surface area contributed by atoms with Crippen LogP contribution >= 0.6 is 0 Å². The summed E-state index contributed by atoms with van der Waals surface area (Å²) in [5, 5.41) is 20.0. The van der Waals surface area contributed by atoms with Crippen molar-refractivity contribution in [3.63, 3.8) is 0 Å². The Morgan fingerprint density at radius 3 is 1.40 bits per heavy atom. The minimum Gasteiger partial charge on any atom is -0.392 e. The zero-order chi connectivity index (χ0) is 22.8. The molecule has 168 valence electrons. The highest BCUT2D eigenvalue weighted by molar-refractivity contribution is 5.88. The molecular formula is C26H40O4. The van der Waals surface area contributed by atoms with Crippen LogP contribution in [0.25, 0.3) is 0 Å². The van der Waals surface area contributed by atoms with Crippen molar-refractivity contribution in [2.75, 3.05) is 0 Å². The first-order chi connectivity index (χ1) is 14.1. The first kappa shape index (κ1) is 26.3. The maximum Gasteiger partial charge on any atom is 0.139 e. The van der Waals surface area contributed by atoms with Crippen LogP contribution in [-0.4, -0.2) is 34.0 Å². The van der Waals surface area contributed by atoms with Crippen molar-refractivity contribution in [3.8, 4) is 0 Å². The molecule has 2 aliphatic rings. The molecule has 30 heavy (non-hydrogen) atoms. The van der Waals surface area contributed by atoms with Gasteiger partial charge in [0.1, 0.15) is 11.6 Å². The molecule has 2 fully saturated rings. The molecule has 0 aromatic carbocycles. The standard InChI is InChI=1S/2C13H20O2/c2*1-4-5-6-7-9(2)13(15)12-10(3)8-11(12)14/h2*4-6,9-10,12-13,15H,1,7-8H2,2-3H3/b6-5+;6-5-/t2*9-,10?,12-,13-/m11/s1. The van der Waals surface area contributed by atoms with Gasteiger partial charge in [0, 0.05) is 24.7 Å². The highest BCUT2D eigenvalue weighted by atomic mass is 16.3. The van der Waals surface area contributed by atoms with Gasteiger partial charge in [0.05, 0.1) is 12.2 Å². The number of aliphatic hydroxyl groups is 2. The third-order valence-electron chi connectivity index (χ3n) is 6.48. The van der Waals surface area contributed by atoms with Crippen LogP contribution in [0.2, 0.25) is 0 Å². The van der Waals surface area contributed by atoms with Gasteiger partial charge in [-0.1, -0.05) is 77.3 Å². The Morgan fingerprint density at radius 2 is 1.17 bits per heavy atom. The molecule has 2 N–H and O–H groups in total. The third-order valence-corrected chi connectivity index (χ3v) is 6.48. The van der Waals surface area contributed by atoms with Crippen molar-refractivity contribution in [2.45, 2.75) is 65.6 Å². The highest BCUT2D eigenvalue weighted by Gasteiger charge is 2.43. The molecule has 0 aromatic rings. The minimum atomic E-state index is -0.490. The van der Waals surface area contributed by atoms with Crippen molar-refractivity contribution >= 4 is 11.6 Å². The van der Waals surface area contributed by atoms with Gasteiger partial charge in [0.25, 0.3) is 0 Å². The number of aliphatic hydroxyl groups excluding tert-OH is 2. The zero-order valence-electron chi connectivity index (χ0n) is 19.0. The first-order valence-electron chi connectivity index (χ1n) is 11.1. The number of hydrogen-bond donors (Lipinski definition) is 2. The Balaban J connectivity index is 0.000000300. The average Bonchev–Trinajstić information content (AvgIpc) is 2.68. The molecule has 8 atom stereocenters. The van der Waals surface area contributed by atoms with E-state index in [1.165, 1.54) is 0 Å². The largest absolute Gasteiger partial charge is 0.392 e. The van der Waals surface area contributed by atoms with E-state index in [0.717, 1.165) is 12.8 Å². The maximum absolute atomic E-state index is 11.3. The molecule has 2 rings (SSSR count). The summed E-state index contributed by atoms with van der Waals surface area (Å²) >= 11 is 0. The molecule has 0 bridgehead atoms. The van der Waals surface area contributed by atoms with E-state index in [1.54, 1.807) is 12.2 Å². The van der Waals surface area contributed by atoms with Crippen molar-refractivity contribution in [2.24, 2.45) is 35.5 Å². The SMILES string of the molecule is C=C/C=C/C[C@@H](C)[C@@H](O)[C@H]1C(=O)CC1C.C=C/C=C\C[C@@H](C)[C@@H](O)[C@H]1C(=O)CC1C. The zero-order valence-corrected chi connectivity index (χ0v) is 19.0. The maximum atomic E-state index is 11.3. The van der Waals surface area contributed by atoms with Crippen LogP contribution < -0.4 is 0 Å². The Morgan fingerprint density at radius 1 is 0.833 bits per heavy atom. The van der Waals surface area contributed by atoms with Gasteiger partial charge >= 0.3 is 0 Å². The van der Waals surface area contributed by atoms with Crippen molar-refractivity contribution in [1.82, 2.24) is 0 Å². The second kappa shape index (κ2) is 12.8. The van der Waals surface area contributed by atoms with Crippen LogP contribution in [0.3, 0.4) is 0 Å². The number of carbonyl (C=O) groups is 2. The second-order valence-corrected chi connectivity index (χ2v) is 9.08. The van der Waals surface area contributed by atoms with E-state index >= 15 is 0 Å². The van der Waals surface area contributed by atoms with E-state index in [-0.39, 0.29) is 35.2 Å². The lowest BCUT2D eigenvalue weighted by Gasteiger charge is -2.38. The molecule has 0 radical (unpaired) electrons. The van der Waals surface area contributed by atoms with Crippen LogP contribution in [0, 0.1) is 35.5 Å². The third kappa shape index (κ3) is 7.17. The van der Waals surface area contributed by atoms with E-state index in [2.05, 4.69) is 13.2 Å². The summed E-state index contributed by atoms with van der Waals surface area (Å²) in [7, 11) is 0. The Hall–Kier alpha value is -1.78. The molecule has 0 aromatic heterocycles. The Kier molecular flexibility index (Phi) is 11.2. The van der Waals surface area contributed by atoms with E-state index in [1.807, 2.05) is 52.0 Å². The molecule has 0 saturated heterocycles. The van der Waals surface area contributed by atoms with Crippen LogP contribution in [0.4, 0.5) is 0 Å². The molecule has 4 heteroatoms. The van der Waals surface area contributed by atoms with Crippen molar-refractivity contribution in [3.05, 3.63) is 49.6 Å². The topological polar surface area (TPSA) is 74.6 Å². The molecule has 2 saturated carbocycles. The van der Waals surface area contributed by atoms with E-state index in [4.69, 9.17) is 0 Å². The lowest BCUT2D eigenvalue weighted by molar-refractivity contribution is -0.143. The summed E-state index contributed by atoms with van der Waals surface area (Å²) < 4.78 is 0. The number of rotatable bonds is 10. The number of allylic oxidation sites excluding steroid dienone is 6.